The van der Waals surface area contributed by atoms with Gasteiger partial charge in [0, 0.05) is 18.6 Å². The van der Waals surface area contributed by atoms with Crippen molar-refractivity contribution >= 4 is 11.9 Å². The van der Waals surface area contributed by atoms with E-state index >= 15 is 0 Å². The molecule has 0 aromatic heterocycles. The summed E-state index contributed by atoms with van der Waals surface area (Å²) >= 11 is 0. The van der Waals surface area contributed by atoms with Gasteiger partial charge in [0.25, 0.3) is 0 Å². The Hall–Kier alpha value is -1.78. The van der Waals surface area contributed by atoms with Crippen molar-refractivity contribution in [2.45, 2.75) is 18.8 Å². The highest BCUT2D eigenvalue weighted by Gasteiger charge is 2.29. The number of fused-ring (bicyclic) bond motifs is 1. The van der Waals surface area contributed by atoms with Crippen molar-refractivity contribution in [3.63, 3.8) is 0 Å². The zero-order chi connectivity index (χ0) is 9.97. The summed E-state index contributed by atoms with van der Waals surface area (Å²) in [6, 6.07) is 0. The van der Waals surface area contributed by atoms with Crippen molar-refractivity contribution in [1.82, 2.24) is 5.32 Å². The molecule has 0 bridgehead atoms. The SMILES string of the molecule is O=C1/C=C/C(=O)OC2NC=CCC2O1. The van der Waals surface area contributed by atoms with Crippen molar-refractivity contribution in [2.24, 2.45) is 0 Å². The summed E-state index contributed by atoms with van der Waals surface area (Å²) in [6.07, 6.45) is 5.13. The molecule has 0 aromatic rings. The van der Waals surface area contributed by atoms with Crippen LogP contribution in [-0.4, -0.2) is 24.3 Å². The molecular formula is C9H9NO4. The summed E-state index contributed by atoms with van der Waals surface area (Å²) in [5.41, 5.74) is 0. The van der Waals surface area contributed by atoms with E-state index in [0.717, 1.165) is 12.2 Å². The Morgan fingerprint density at radius 1 is 1.21 bits per heavy atom. The molecule has 14 heavy (non-hydrogen) atoms. The first kappa shape index (κ1) is 8.80. The van der Waals surface area contributed by atoms with Gasteiger partial charge in [0.2, 0.25) is 6.23 Å². The van der Waals surface area contributed by atoms with Crippen LogP contribution in [0, 0.1) is 0 Å². The van der Waals surface area contributed by atoms with Crippen molar-refractivity contribution in [3.8, 4) is 0 Å². The summed E-state index contributed by atoms with van der Waals surface area (Å²) in [5.74, 6) is -1.06. The smallest absolute Gasteiger partial charge is 0.333 e. The Morgan fingerprint density at radius 3 is 2.71 bits per heavy atom. The van der Waals surface area contributed by atoms with E-state index in [9.17, 15) is 9.59 Å². The zero-order valence-electron chi connectivity index (χ0n) is 7.30. The lowest BCUT2D eigenvalue weighted by atomic mass is 10.1. The molecule has 2 aliphatic rings. The summed E-state index contributed by atoms with van der Waals surface area (Å²) in [6.45, 7) is 0. The van der Waals surface area contributed by atoms with Crippen LogP contribution in [0.3, 0.4) is 0 Å². The monoisotopic (exact) mass is 195 g/mol. The first-order valence-electron chi connectivity index (χ1n) is 4.26. The van der Waals surface area contributed by atoms with Crippen LogP contribution in [0.25, 0.3) is 0 Å². The fraction of sp³-hybridized carbons (Fsp3) is 0.333. The van der Waals surface area contributed by atoms with Gasteiger partial charge in [-0.15, -0.1) is 0 Å². The standard InChI is InChI=1S/C9H9NO4/c11-7-3-4-8(12)14-9-6(13-7)2-1-5-10-9/h1,3-6,9-10H,2H2/b4-3+. The molecule has 5 heteroatoms. The van der Waals surface area contributed by atoms with E-state index < -0.39 is 24.3 Å². The first-order chi connectivity index (χ1) is 6.75. The second-order valence-electron chi connectivity index (χ2n) is 2.97. The van der Waals surface area contributed by atoms with Gasteiger partial charge in [0.05, 0.1) is 0 Å². The van der Waals surface area contributed by atoms with Crippen molar-refractivity contribution in [1.29, 1.82) is 0 Å². The Balaban J connectivity index is 2.18. The maximum Gasteiger partial charge on any atom is 0.333 e. The highest BCUT2D eigenvalue weighted by molar-refractivity contribution is 5.92. The van der Waals surface area contributed by atoms with Crippen LogP contribution >= 0.6 is 0 Å². The number of nitrogens with one attached hydrogen (secondary N) is 1. The molecule has 0 radical (unpaired) electrons. The Morgan fingerprint density at radius 2 is 1.93 bits per heavy atom. The molecule has 2 unspecified atom stereocenters. The number of hydrogen-bond acceptors (Lipinski definition) is 5. The number of esters is 2. The number of carbonyl (C=O) groups is 2. The minimum absolute atomic E-state index is 0.443. The highest BCUT2D eigenvalue weighted by Crippen LogP contribution is 2.14. The van der Waals surface area contributed by atoms with E-state index in [0.29, 0.717) is 6.42 Å². The van der Waals surface area contributed by atoms with Crippen LogP contribution in [0.1, 0.15) is 6.42 Å². The Bertz CT molecular complexity index is 291. The third kappa shape index (κ3) is 1.76. The Kier molecular flexibility index (Phi) is 2.22. The predicted molar refractivity (Wildman–Crippen MR) is 45.8 cm³/mol. The molecule has 0 saturated carbocycles. The van der Waals surface area contributed by atoms with Gasteiger partial charge in [0.15, 0.2) is 6.10 Å². The van der Waals surface area contributed by atoms with Gasteiger partial charge in [-0.05, 0) is 6.20 Å². The molecule has 1 N–H and O–H groups in total. The van der Waals surface area contributed by atoms with Gasteiger partial charge in [-0.25, -0.2) is 9.59 Å². The van der Waals surface area contributed by atoms with Crippen LogP contribution in [0.15, 0.2) is 24.4 Å². The molecular weight excluding hydrogens is 186 g/mol. The lowest BCUT2D eigenvalue weighted by Gasteiger charge is -2.29. The minimum Gasteiger partial charge on any atom is -0.453 e. The molecule has 5 nitrogen and oxygen atoms in total. The number of carbonyl (C=O) groups excluding carboxylic acids is 2. The van der Waals surface area contributed by atoms with E-state index in [1.807, 2.05) is 6.08 Å². The van der Waals surface area contributed by atoms with E-state index in [1.165, 1.54) is 0 Å². The molecule has 2 heterocycles. The summed E-state index contributed by atoms with van der Waals surface area (Å²) < 4.78 is 10.0. The fourth-order valence-corrected chi connectivity index (χ4v) is 1.30. The second-order valence-corrected chi connectivity index (χ2v) is 2.97. The topological polar surface area (TPSA) is 64.6 Å². The van der Waals surface area contributed by atoms with Crippen LogP contribution in [-0.2, 0) is 19.1 Å². The van der Waals surface area contributed by atoms with E-state index in [1.54, 1.807) is 6.20 Å². The Labute approximate surface area is 80.4 Å². The molecule has 0 aliphatic carbocycles. The quantitative estimate of drug-likeness (QED) is 0.544. The van der Waals surface area contributed by atoms with Gasteiger partial charge in [-0.1, -0.05) is 6.08 Å². The lowest BCUT2D eigenvalue weighted by Crippen LogP contribution is -2.45. The molecule has 0 aromatic carbocycles. The first-order valence-corrected chi connectivity index (χ1v) is 4.26. The minimum atomic E-state index is -0.582. The van der Waals surface area contributed by atoms with Crippen LogP contribution in [0.5, 0.6) is 0 Å². The number of ether oxygens (including phenoxy) is 2. The second kappa shape index (κ2) is 3.53. The predicted octanol–water partition coefficient (Wildman–Crippen LogP) is -0.156. The maximum absolute atomic E-state index is 11.1. The zero-order valence-corrected chi connectivity index (χ0v) is 7.30. The third-order valence-corrected chi connectivity index (χ3v) is 1.95. The van der Waals surface area contributed by atoms with E-state index in [-0.39, 0.29) is 0 Å². The molecule has 2 atom stereocenters. The van der Waals surface area contributed by atoms with E-state index in [4.69, 9.17) is 9.47 Å². The highest BCUT2D eigenvalue weighted by atomic mass is 16.6. The number of rotatable bonds is 0. The van der Waals surface area contributed by atoms with Gasteiger partial charge in [-0.3, -0.25) is 0 Å². The van der Waals surface area contributed by atoms with Crippen LogP contribution in [0.4, 0.5) is 0 Å². The average Bonchev–Trinajstić information content (AvgIpc) is 2.16. The molecule has 0 fully saturated rings. The average molecular weight is 195 g/mol. The number of hydrogen-bond donors (Lipinski definition) is 1. The van der Waals surface area contributed by atoms with Crippen LogP contribution < -0.4 is 5.32 Å². The maximum atomic E-state index is 11.1. The van der Waals surface area contributed by atoms with Crippen molar-refractivity contribution in [2.75, 3.05) is 0 Å². The largest absolute Gasteiger partial charge is 0.453 e. The fourth-order valence-electron chi connectivity index (χ4n) is 1.30. The van der Waals surface area contributed by atoms with Gasteiger partial charge < -0.3 is 14.8 Å². The normalized spacial score (nSPS) is 32.9. The van der Waals surface area contributed by atoms with Gasteiger partial charge >= 0.3 is 11.9 Å². The molecule has 74 valence electrons. The summed E-state index contributed by atoms with van der Waals surface area (Å²) in [7, 11) is 0. The molecule has 0 spiro atoms. The molecule has 2 aliphatic heterocycles. The van der Waals surface area contributed by atoms with Crippen molar-refractivity contribution < 1.29 is 19.1 Å². The van der Waals surface area contributed by atoms with Gasteiger partial charge in [-0.2, -0.15) is 0 Å². The van der Waals surface area contributed by atoms with Gasteiger partial charge in [0.1, 0.15) is 0 Å². The van der Waals surface area contributed by atoms with Crippen molar-refractivity contribution in [3.05, 3.63) is 24.4 Å². The van der Waals surface area contributed by atoms with E-state index in [2.05, 4.69) is 5.32 Å². The lowest BCUT2D eigenvalue weighted by molar-refractivity contribution is -0.166. The molecule has 0 saturated heterocycles. The molecule has 0 amide bonds. The summed E-state index contributed by atoms with van der Waals surface area (Å²) in [4.78, 5) is 22.1. The molecule has 2 rings (SSSR count). The van der Waals surface area contributed by atoms with Crippen LogP contribution in [0.2, 0.25) is 0 Å². The summed E-state index contributed by atoms with van der Waals surface area (Å²) in [5, 5.41) is 2.81. The third-order valence-electron chi connectivity index (χ3n) is 1.95.